The lowest BCUT2D eigenvalue weighted by Crippen LogP contribution is -2.37. The summed E-state index contributed by atoms with van der Waals surface area (Å²) >= 11 is -1.17. The number of hydrogen-bond donors (Lipinski definition) is 3. The Labute approximate surface area is 68.1 Å². The van der Waals surface area contributed by atoms with Crippen molar-refractivity contribution in [3.8, 4) is 0 Å². The molecule has 1 heterocycles. The van der Waals surface area contributed by atoms with Crippen LogP contribution >= 0.6 is 0 Å². The molecule has 0 aliphatic carbocycles. The molecule has 0 fully saturated rings. The summed E-state index contributed by atoms with van der Waals surface area (Å²) in [5.41, 5.74) is 5.22. The van der Waals surface area contributed by atoms with Crippen LogP contribution in [-0.4, -0.2) is 27.9 Å². The molecule has 6 heteroatoms. The second kappa shape index (κ2) is 3.68. The van der Waals surface area contributed by atoms with Crippen LogP contribution in [-0.2, 0) is 11.2 Å². The number of hydrogen-bond acceptors (Lipinski definition) is 2. The molecule has 0 aromatic rings. The van der Waals surface area contributed by atoms with Crippen LogP contribution in [0, 0.1) is 5.41 Å². The molecule has 0 aromatic heterocycles. The maximum Gasteiger partial charge on any atom is 0.201 e. The Bertz CT molecular complexity index is 193. The molecule has 0 aromatic carbocycles. The molecule has 1 atom stereocenters. The fourth-order valence-corrected chi connectivity index (χ4v) is 1.77. The van der Waals surface area contributed by atoms with Crippen LogP contribution in [0.1, 0.15) is 12.8 Å². The lowest BCUT2D eigenvalue weighted by atomic mass is 10.3. The van der Waals surface area contributed by atoms with Gasteiger partial charge in [0.15, 0.2) is 0 Å². The van der Waals surface area contributed by atoms with Gasteiger partial charge in [-0.15, -0.1) is 0 Å². The minimum atomic E-state index is -1.17. The van der Waals surface area contributed by atoms with Crippen LogP contribution in [0.5, 0.6) is 0 Å². The summed E-state index contributed by atoms with van der Waals surface area (Å²) in [6, 6.07) is 0. The predicted octanol–water partition coefficient (Wildman–Crippen LogP) is 0.166. The Kier molecular flexibility index (Phi) is 2.84. The fraction of sp³-hybridized carbons (Fsp3) is 0.800. The molecule has 1 unspecified atom stereocenters. The quantitative estimate of drug-likeness (QED) is 0.363. The molecule has 1 aliphatic heterocycles. The molecule has 0 radical (unpaired) electrons. The highest BCUT2D eigenvalue weighted by Gasteiger charge is 2.12. The van der Waals surface area contributed by atoms with Crippen molar-refractivity contribution >= 4 is 17.1 Å². The standard InChI is InChI=1S/C5H12N4OS/c6-5(7)9-4-2-1-3-8-11(9)10/h1-4H2,(H3,6,7)(H,8,10). The lowest BCUT2D eigenvalue weighted by molar-refractivity contribution is 0.545. The third kappa shape index (κ3) is 2.16. The van der Waals surface area contributed by atoms with E-state index in [0.29, 0.717) is 13.1 Å². The predicted molar refractivity (Wildman–Crippen MR) is 45.1 cm³/mol. The van der Waals surface area contributed by atoms with E-state index in [0.717, 1.165) is 12.8 Å². The zero-order chi connectivity index (χ0) is 8.27. The minimum Gasteiger partial charge on any atom is -0.369 e. The summed E-state index contributed by atoms with van der Waals surface area (Å²) in [6.45, 7) is 1.31. The van der Waals surface area contributed by atoms with Gasteiger partial charge in [0.1, 0.15) is 11.2 Å². The van der Waals surface area contributed by atoms with E-state index in [2.05, 4.69) is 4.36 Å². The molecule has 1 aliphatic rings. The summed E-state index contributed by atoms with van der Waals surface area (Å²) in [4.78, 5) is 0. The number of nitrogens with zero attached hydrogens (tertiary/aromatic N) is 2. The topological polar surface area (TPSA) is 85.7 Å². The Hall–Kier alpha value is -0.620. The van der Waals surface area contributed by atoms with E-state index in [4.69, 9.17) is 11.1 Å². The van der Waals surface area contributed by atoms with Crippen LogP contribution < -0.4 is 5.73 Å². The van der Waals surface area contributed by atoms with Crippen molar-refractivity contribution in [2.75, 3.05) is 13.1 Å². The third-order valence-corrected chi connectivity index (χ3v) is 2.63. The zero-order valence-electron chi connectivity index (χ0n) is 6.16. The zero-order valence-corrected chi connectivity index (χ0v) is 6.97. The first-order chi connectivity index (χ1) is 5.22. The Morgan fingerprint density at radius 2 is 2.36 bits per heavy atom. The van der Waals surface area contributed by atoms with Crippen molar-refractivity contribution in [1.82, 2.24) is 4.31 Å². The average Bonchev–Trinajstić information content (AvgIpc) is 2.13. The van der Waals surface area contributed by atoms with Gasteiger partial charge < -0.3 is 10.3 Å². The van der Waals surface area contributed by atoms with Crippen LogP contribution in [0.25, 0.3) is 0 Å². The van der Waals surface area contributed by atoms with Crippen LogP contribution in [0.15, 0.2) is 4.36 Å². The summed E-state index contributed by atoms with van der Waals surface area (Å²) in [5, 5.41) is 7.11. The normalized spacial score (nSPS) is 25.5. The van der Waals surface area contributed by atoms with Gasteiger partial charge in [-0.25, -0.2) is 4.36 Å². The number of nitrogens with two attached hydrogens (primary N) is 1. The summed E-state index contributed by atoms with van der Waals surface area (Å²) in [6.07, 6.45) is 1.90. The van der Waals surface area contributed by atoms with Crippen molar-refractivity contribution in [2.24, 2.45) is 10.1 Å². The first-order valence-electron chi connectivity index (χ1n) is 3.44. The van der Waals surface area contributed by atoms with Crippen molar-refractivity contribution in [3.63, 3.8) is 0 Å². The minimum absolute atomic E-state index is 0.0958. The second-order valence-electron chi connectivity index (χ2n) is 2.29. The van der Waals surface area contributed by atoms with E-state index in [1.165, 1.54) is 4.31 Å². The SMILES string of the molecule is N=C(N)N1CCCCN=S1O. The van der Waals surface area contributed by atoms with Gasteiger partial charge in [0.05, 0.1) is 0 Å². The van der Waals surface area contributed by atoms with Gasteiger partial charge in [0, 0.05) is 13.1 Å². The monoisotopic (exact) mass is 176 g/mol. The molecule has 0 saturated carbocycles. The molecule has 0 bridgehead atoms. The molecule has 5 nitrogen and oxygen atoms in total. The molecule has 1 rings (SSSR count). The van der Waals surface area contributed by atoms with Crippen molar-refractivity contribution in [3.05, 3.63) is 0 Å². The van der Waals surface area contributed by atoms with E-state index in [9.17, 15) is 4.55 Å². The lowest BCUT2D eigenvalue weighted by Gasteiger charge is -2.18. The maximum atomic E-state index is 9.29. The van der Waals surface area contributed by atoms with Gasteiger partial charge in [-0.05, 0) is 12.8 Å². The van der Waals surface area contributed by atoms with Crippen LogP contribution in [0.2, 0.25) is 0 Å². The summed E-state index contributed by atoms with van der Waals surface area (Å²) < 4.78 is 14.6. The van der Waals surface area contributed by atoms with Crippen molar-refractivity contribution < 1.29 is 4.55 Å². The van der Waals surface area contributed by atoms with Gasteiger partial charge in [0.25, 0.3) is 0 Å². The van der Waals surface area contributed by atoms with E-state index >= 15 is 0 Å². The molecule has 0 spiro atoms. The first-order valence-corrected chi connectivity index (χ1v) is 4.54. The Morgan fingerprint density at radius 1 is 1.64 bits per heavy atom. The molecule has 11 heavy (non-hydrogen) atoms. The van der Waals surface area contributed by atoms with Gasteiger partial charge >= 0.3 is 0 Å². The largest absolute Gasteiger partial charge is 0.369 e. The first kappa shape index (κ1) is 8.48. The molecule has 4 N–H and O–H groups in total. The van der Waals surface area contributed by atoms with Gasteiger partial charge in [-0.2, -0.15) is 0 Å². The second-order valence-corrected chi connectivity index (χ2v) is 3.48. The van der Waals surface area contributed by atoms with Gasteiger partial charge in [-0.1, -0.05) is 0 Å². The van der Waals surface area contributed by atoms with E-state index in [1.807, 2.05) is 0 Å². The third-order valence-electron chi connectivity index (χ3n) is 1.44. The maximum absolute atomic E-state index is 9.29. The molecular formula is C5H12N4OS. The molecular weight excluding hydrogens is 164 g/mol. The molecule has 64 valence electrons. The number of guanidine groups is 1. The van der Waals surface area contributed by atoms with E-state index < -0.39 is 11.2 Å². The fourth-order valence-electron chi connectivity index (χ4n) is 0.873. The highest BCUT2D eigenvalue weighted by atomic mass is 32.2. The van der Waals surface area contributed by atoms with Crippen LogP contribution in [0.4, 0.5) is 0 Å². The van der Waals surface area contributed by atoms with Crippen molar-refractivity contribution in [2.45, 2.75) is 12.8 Å². The molecule has 0 amide bonds. The summed E-state index contributed by atoms with van der Waals surface area (Å²) in [7, 11) is 0. The van der Waals surface area contributed by atoms with Crippen LogP contribution in [0.3, 0.4) is 0 Å². The molecule has 0 saturated heterocycles. The van der Waals surface area contributed by atoms with E-state index in [1.54, 1.807) is 0 Å². The van der Waals surface area contributed by atoms with Gasteiger partial charge in [-0.3, -0.25) is 9.71 Å². The Balaban J connectivity index is 2.67. The number of nitrogens with one attached hydrogen (secondary N) is 1. The summed E-state index contributed by atoms with van der Waals surface area (Å²) in [5.74, 6) is -0.0958. The number of rotatable bonds is 0. The van der Waals surface area contributed by atoms with Gasteiger partial charge in [0.2, 0.25) is 5.96 Å². The highest BCUT2D eigenvalue weighted by molar-refractivity contribution is 7.79. The smallest absolute Gasteiger partial charge is 0.201 e. The average molecular weight is 176 g/mol. The van der Waals surface area contributed by atoms with E-state index in [-0.39, 0.29) is 5.96 Å². The highest BCUT2D eigenvalue weighted by Crippen LogP contribution is 2.05. The Morgan fingerprint density at radius 3 is 3.00 bits per heavy atom. The van der Waals surface area contributed by atoms with Crippen molar-refractivity contribution in [1.29, 1.82) is 5.41 Å².